The summed E-state index contributed by atoms with van der Waals surface area (Å²) < 4.78 is 89.8. The Morgan fingerprint density at radius 1 is 0.977 bits per heavy atom. The number of benzene rings is 2. The molecule has 43 heavy (non-hydrogen) atoms. The van der Waals surface area contributed by atoms with Crippen LogP contribution in [-0.4, -0.2) is 40.3 Å². The summed E-state index contributed by atoms with van der Waals surface area (Å²) in [6, 6.07) is 7.11. The van der Waals surface area contributed by atoms with Crippen molar-refractivity contribution in [2.75, 3.05) is 18.7 Å². The monoisotopic (exact) mass is 658 g/mol. The molecular formula is C27H16F6N2O5S3. The number of anilines is 1. The molecule has 1 N–H and O–H groups in total. The van der Waals surface area contributed by atoms with E-state index in [1.165, 1.54) is 40.6 Å². The minimum absolute atomic E-state index is 0.0538. The number of ether oxygens (including phenoxy) is 2. The second-order valence-corrected chi connectivity index (χ2v) is 11.7. The van der Waals surface area contributed by atoms with Gasteiger partial charge in [-0.05, 0) is 59.0 Å². The number of nitrogens with one attached hydrogen (secondary N) is 1. The highest BCUT2D eigenvalue weighted by atomic mass is 32.2. The van der Waals surface area contributed by atoms with Gasteiger partial charge in [-0.3, -0.25) is 14.5 Å². The van der Waals surface area contributed by atoms with Crippen LogP contribution in [-0.2, 0) is 26.7 Å². The Kier molecular flexibility index (Phi) is 8.28. The van der Waals surface area contributed by atoms with E-state index >= 15 is 0 Å². The molecule has 5 rings (SSSR count). The van der Waals surface area contributed by atoms with Crippen LogP contribution in [0.25, 0.3) is 17.2 Å². The van der Waals surface area contributed by atoms with Crippen molar-refractivity contribution in [1.29, 1.82) is 0 Å². The number of hydrogen-bond acceptors (Lipinski definition) is 8. The average Bonchev–Trinajstić information content (AvgIpc) is 3.50. The maximum atomic E-state index is 13.3. The number of thioether (sulfide) groups is 1. The van der Waals surface area contributed by atoms with Crippen LogP contribution in [0.2, 0.25) is 0 Å². The van der Waals surface area contributed by atoms with Gasteiger partial charge >= 0.3 is 18.3 Å². The third-order valence-corrected chi connectivity index (χ3v) is 8.40. The summed E-state index contributed by atoms with van der Waals surface area (Å²) in [6.07, 6.45) is -8.65. The predicted molar refractivity (Wildman–Crippen MR) is 150 cm³/mol. The number of cyclic esters (lactones) is 1. The van der Waals surface area contributed by atoms with Crippen molar-refractivity contribution in [3.8, 4) is 16.9 Å². The van der Waals surface area contributed by atoms with Gasteiger partial charge in [0.15, 0.2) is 0 Å². The zero-order valence-corrected chi connectivity index (χ0v) is 23.7. The second kappa shape index (κ2) is 11.7. The van der Waals surface area contributed by atoms with E-state index in [1.807, 2.05) is 0 Å². The number of thiophene rings is 1. The van der Waals surface area contributed by atoms with Gasteiger partial charge in [0.05, 0.1) is 16.0 Å². The van der Waals surface area contributed by atoms with Crippen molar-refractivity contribution in [1.82, 2.24) is 4.90 Å². The van der Waals surface area contributed by atoms with Crippen molar-refractivity contribution >= 4 is 69.2 Å². The molecular weight excluding hydrogens is 642 g/mol. The summed E-state index contributed by atoms with van der Waals surface area (Å²) in [5.74, 6) is -1.25. The molecule has 2 aliphatic heterocycles. The standard InChI is InChI=1S/C27H16F6N2O5S3/c28-26(29,30)15-5-13(6-16(8-15)27(31,32)33)14-7-18(42-11-14)10-21-23(37)35(25(41)43-21)4-3-22(36)34-17-1-2-19-20(9-17)39-12-40-24(19)38/h1-2,5-11H,3-4,12H2,(H,34,36)/b21-10-. The van der Waals surface area contributed by atoms with Crippen LogP contribution in [0.5, 0.6) is 5.75 Å². The van der Waals surface area contributed by atoms with Crippen LogP contribution in [0.15, 0.2) is 52.7 Å². The highest BCUT2D eigenvalue weighted by Crippen LogP contribution is 2.40. The maximum absolute atomic E-state index is 13.3. The Morgan fingerprint density at radius 2 is 1.67 bits per heavy atom. The number of rotatable bonds is 6. The van der Waals surface area contributed by atoms with Gasteiger partial charge in [0.2, 0.25) is 12.7 Å². The first-order chi connectivity index (χ1) is 20.2. The lowest BCUT2D eigenvalue weighted by atomic mass is 10.0. The summed E-state index contributed by atoms with van der Waals surface area (Å²) in [5, 5.41) is 4.03. The van der Waals surface area contributed by atoms with Crippen molar-refractivity contribution in [3.05, 3.63) is 74.3 Å². The molecule has 1 saturated heterocycles. The molecule has 0 spiro atoms. The van der Waals surface area contributed by atoms with E-state index in [0.29, 0.717) is 22.7 Å². The summed E-state index contributed by atoms with van der Waals surface area (Å²) in [7, 11) is 0. The molecule has 3 aromatic rings. The lowest BCUT2D eigenvalue weighted by Crippen LogP contribution is -2.31. The first-order valence-corrected chi connectivity index (χ1v) is 14.2. The van der Waals surface area contributed by atoms with Crippen molar-refractivity contribution in [3.63, 3.8) is 0 Å². The maximum Gasteiger partial charge on any atom is 0.416 e. The molecule has 2 aromatic carbocycles. The van der Waals surface area contributed by atoms with Gasteiger partial charge in [-0.1, -0.05) is 24.0 Å². The number of nitrogens with zero attached hydrogens (tertiary/aromatic N) is 1. The largest absolute Gasteiger partial charge is 0.456 e. The van der Waals surface area contributed by atoms with Crippen LogP contribution in [0.3, 0.4) is 0 Å². The fourth-order valence-corrected chi connectivity index (χ4v) is 6.29. The van der Waals surface area contributed by atoms with Gasteiger partial charge < -0.3 is 14.8 Å². The van der Waals surface area contributed by atoms with Crippen LogP contribution in [0.1, 0.15) is 32.8 Å². The van der Waals surface area contributed by atoms with E-state index in [-0.39, 0.29) is 57.5 Å². The van der Waals surface area contributed by atoms with Gasteiger partial charge in [0, 0.05) is 29.6 Å². The van der Waals surface area contributed by atoms with Crippen LogP contribution in [0.4, 0.5) is 32.0 Å². The summed E-state index contributed by atoms with van der Waals surface area (Å²) in [4.78, 5) is 39.0. The minimum atomic E-state index is -4.98. The number of alkyl halides is 6. The smallest absolute Gasteiger partial charge is 0.416 e. The zero-order chi connectivity index (χ0) is 31.1. The number of amides is 2. The summed E-state index contributed by atoms with van der Waals surface area (Å²) in [5.41, 5.74) is -2.45. The van der Waals surface area contributed by atoms with Crippen LogP contribution < -0.4 is 10.1 Å². The summed E-state index contributed by atoms with van der Waals surface area (Å²) >= 11 is 7.25. The second-order valence-electron chi connectivity index (χ2n) is 9.07. The Balaban J connectivity index is 1.26. The van der Waals surface area contributed by atoms with Gasteiger partial charge in [0.1, 0.15) is 15.6 Å². The number of carbonyl (C=O) groups excluding carboxylic acids is 3. The fourth-order valence-electron chi connectivity index (χ4n) is 4.07. The van der Waals surface area contributed by atoms with Gasteiger partial charge in [-0.25, -0.2) is 4.79 Å². The Hall–Kier alpha value is -3.89. The van der Waals surface area contributed by atoms with Gasteiger partial charge in [-0.15, -0.1) is 11.3 Å². The topological polar surface area (TPSA) is 84.9 Å². The van der Waals surface area contributed by atoms with Crippen molar-refractivity contribution in [2.45, 2.75) is 18.8 Å². The summed E-state index contributed by atoms with van der Waals surface area (Å²) in [6.45, 7) is -0.302. The Morgan fingerprint density at radius 3 is 2.35 bits per heavy atom. The molecule has 0 unspecified atom stereocenters. The Labute approximate surface area is 252 Å². The van der Waals surface area contributed by atoms with Crippen molar-refractivity contribution < 1.29 is 50.2 Å². The molecule has 2 amide bonds. The SMILES string of the molecule is O=C(CCN1C(=O)/C(=C/c2cc(-c3cc(C(F)(F)F)cc(C(F)(F)F)c3)cs2)SC1=S)Nc1ccc2c(c1)OCOC2=O. The fraction of sp³-hybridized carbons (Fsp3) is 0.185. The third-order valence-electron chi connectivity index (χ3n) is 6.14. The molecule has 0 radical (unpaired) electrons. The van der Waals surface area contributed by atoms with Gasteiger partial charge in [-0.2, -0.15) is 26.3 Å². The lowest BCUT2D eigenvalue weighted by molar-refractivity contribution is -0.143. The number of thiocarbonyl (C=S) groups is 1. The predicted octanol–water partition coefficient (Wildman–Crippen LogP) is 7.19. The zero-order valence-electron chi connectivity index (χ0n) is 21.3. The highest BCUT2D eigenvalue weighted by Gasteiger charge is 2.37. The first kappa shape index (κ1) is 30.6. The molecule has 0 bridgehead atoms. The number of halogens is 6. The molecule has 0 atom stereocenters. The van der Waals surface area contributed by atoms with E-state index in [2.05, 4.69) is 5.32 Å². The van der Waals surface area contributed by atoms with E-state index in [0.717, 1.165) is 23.1 Å². The number of fused-ring (bicyclic) bond motifs is 1. The lowest BCUT2D eigenvalue weighted by Gasteiger charge is -2.18. The van der Waals surface area contributed by atoms with Crippen LogP contribution in [0, 0.1) is 0 Å². The molecule has 16 heteroatoms. The van der Waals surface area contributed by atoms with Crippen LogP contribution >= 0.6 is 35.3 Å². The Bertz CT molecular complexity index is 1650. The highest BCUT2D eigenvalue weighted by molar-refractivity contribution is 8.26. The molecule has 1 fully saturated rings. The first-order valence-electron chi connectivity index (χ1n) is 12.1. The number of carbonyl (C=O) groups is 3. The minimum Gasteiger partial charge on any atom is -0.456 e. The molecule has 0 aliphatic carbocycles. The molecule has 1 aromatic heterocycles. The third kappa shape index (κ3) is 6.86. The van der Waals surface area contributed by atoms with Crippen molar-refractivity contribution in [2.24, 2.45) is 0 Å². The molecule has 2 aliphatic rings. The normalized spacial score (nSPS) is 16.3. The van der Waals surface area contributed by atoms with E-state index < -0.39 is 41.3 Å². The quantitative estimate of drug-likeness (QED) is 0.130. The molecule has 3 heterocycles. The van der Waals surface area contributed by atoms with E-state index in [9.17, 15) is 40.7 Å². The average molecular weight is 659 g/mol. The van der Waals surface area contributed by atoms with E-state index in [1.54, 1.807) is 0 Å². The molecule has 0 saturated carbocycles. The molecule has 7 nitrogen and oxygen atoms in total. The number of esters is 1. The van der Waals surface area contributed by atoms with Gasteiger partial charge in [0.25, 0.3) is 5.91 Å². The van der Waals surface area contributed by atoms with E-state index in [4.69, 9.17) is 21.7 Å². The number of hydrogen-bond donors (Lipinski definition) is 1. The molecule has 224 valence electrons.